The third-order valence-corrected chi connectivity index (χ3v) is 2.00. The van der Waals surface area contributed by atoms with Gasteiger partial charge in [0.05, 0.1) is 12.8 Å². The number of aryl methyl sites for hydroxylation is 2. The zero-order valence-electron chi connectivity index (χ0n) is 8.29. The minimum absolute atomic E-state index is 0.725. The van der Waals surface area contributed by atoms with Gasteiger partial charge in [0.25, 0.3) is 0 Å². The van der Waals surface area contributed by atoms with Crippen LogP contribution < -0.4 is 4.74 Å². The lowest BCUT2D eigenvalue weighted by atomic mass is 10.1. The van der Waals surface area contributed by atoms with Crippen LogP contribution in [-0.2, 0) is 13.5 Å². The van der Waals surface area contributed by atoms with Crippen LogP contribution in [0.15, 0.2) is 0 Å². The van der Waals surface area contributed by atoms with Crippen LogP contribution in [0.4, 0.5) is 0 Å². The quantitative estimate of drug-likeness (QED) is 0.652. The first-order chi connectivity index (χ1) is 6.20. The Kier molecular flexibility index (Phi) is 2.97. The van der Waals surface area contributed by atoms with E-state index in [-0.39, 0.29) is 0 Å². The van der Waals surface area contributed by atoms with E-state index in [4.69, 9.17) is 11.2 Å². The first kappa shape index (κ1) is 9.66. The van der Waals surface area contributed by atoms with Crippen molar-refractivity contribution in [2.75, 3.05) is 7.11 Å². The largest absolute Gasteiger partial charge is 0.481 e. The fourth-order valence-electron chi connectivity index (χ4n) is 1.42. The molecule has 0 aliphatic rings. The van der Waals surface area contributed by atoms with E-state index in [9.17, 15) is 0 Å². The van der Waals surface area contributed by atoms with E-state index in [2.05, 4.69) is 11.0 Å². The molecule has 0 fully saturated rings. The molecule has 0 amide bonds. The van der Waals surface area contributed by atoms with Gasteiger partial charge >= 0.3 is 0 Å². The number of nitrogens with zero attached hydrogens (tertiary/aromatic N) is 2. The van der Waals surface area contributed by atoms with E-state index >= 15 is 0 Å². The average Bonchev–Trinajstić information content (AvgIpc) is 2.37. The first-order valence-corrected chi connectivity index (χ1v) is 4.20. The van der Waals surface area contributed by atoms with Crippen molar-refractivity contribution in [3.8, 4) is 18.2 Å². The molecule has 1 aromatic heterocycles. The van der Waals surface area contributed by atoms with Crippen molar-refractivity contribution in [2.24, 2.45) is 7.05 Å². The van der Waals surface area contributed by atoms with Gasteiger partial charge in [0.1, 0.15) is 0 Å². The topological polar surface area (TPSA) is 27.1 Å². The Labute approximate surface area is 78.7 Å². The summed E-state index contributed by atoms with van der Waals surface area (Å²) in [6, 6.07) is 0. The maximum absolute atomic E-state index is 5.23. The number of hydrogen-bond acceptors (Lipinski definition) is 2. The highest BCUT2D eigenvalue weighted by Crippen LogP contribution is 2.21. The van der Waals surface area contributed by atoms with Crippen LogP contribution in [0, 0.1) is 19.3 Å². The molecule has 0 N–H and O–H groups in total. The molecule has 0 aromatic carbocycles. The second-order valence-electron chi connectivity index (χ2n) is 2.90. The molecule has 13 heavy (non-hydrogen) atoms. The monoisotopic (exact) mass is 178 g/mol. The Morgan fingerprint density at radius 1 is 1.62 bits per heavy atom. The van der Waals surface area contributed by atoms with Gasteiger partial charge in [0.15, 0.2) is 0 Å². The van der Waals surface area contributed by atoms with Gasteiger partial charge in [-0.1, -0.05) is 0 Å². The van der Waals surface area contributed by atoms with Crippen LogP contribution in [-0.4, -0.2) is 16.9 Å². The molecular weight excluding hydrogens is 164 g/mol. The van der Waals surface area contributed by atoms with Gasteiger partial charge in [-0.05, 0) is 13.3 Å². The van der Waals surface area contributed by atoms with Crippen molar-refractivity contribution in [3.63, 3.8) is 0 Å². The van der Waals surface area contributed by atoms with Crippen LogP contribution in [0.5, 0.6) is 5.88 Å². The molecule has 0 aliphatic carbocycles. The number of rotatable bonds is 3. The fraction of sp³-hybridized carbons (Fsp3) is 0.500. The van der Waals surface area contributed by atoms with E-state index in [1.165, 1.54) is 0 Å². The summed E-state index contributed by atoms with van der Waals surface area (Å²) in [6.07, 6.45) is 6.76. The fourth-order valence-corrected chi connectivity index (χ4v) is 1.42. The SMILES string of the molecule is C#CCCc1c(C)nn(C)c1OC. The minimum Gasteiger partial charge on any atom is -0.481 e. The summed E-state index contributed by atoms with van der Waals surface area (Å²) >= 11 is 0. The van der Waals surface area contributed by atoms with Crippen molar-refractivity contribution < 1.29 is 4.74 Å². The van der Waals surface area contributed by atoms with Gasteiger partial charge in [-0.15, -0.1) is 12.3 Å². The second-order valence-corrected chi connectivity index (χ2v) is 2.90. The van der Waals surface area contributed by atoms with Crippen molar-refractivity contribution in [1.82, 2.24) is 9.78 Å². The maximum Gasteiger partial charge on any atom is 0.214 e. The molecule has 70 valence electrons. The standard InChI is InChI=1S/C10H14N2O/c1-5-6-7-9-8(2)11-12(3)10(9)13-4/h1H,6-7H2,2-4H3. The number of methoxy groups -OCH3 is 1. The first-order valence-electron chi connectivity index (χ1n) is 4.20. The number of terminal acetylenes is 1. The van der Waals surface area contributed by atoms with Crippen molar-refractivity contribution in [3.05, 3.63) is 11.3 Å². The molecule has 1 rings (SSSR count). The molecule has 0 aliphatic heterocycles. The summed E-state index contributed by atoms with van der Waals surface area (Å²) in [5.41, 5.74) is 2.11. The lowest BCUT2D eigenvalue weighted by Gasteiger charge is -2.02. The summed E-state index contributed by atoms with van der Waals surface area (Å²) in [6.45, 7) is 1.97. The summed E-state index contributed by atoms with van der Waals surface area (Å²) in [5, 5.41) is 4.26. The Balaban J connectivity index is 2.97. The van der Waals surface area contributed by atoms with Gasteiger partial charge in [0.2, 0.25) is 5.88 Å². The van der Waals surface area contributed by atoms with Crippen LogP contribution in [0.1, 0.15) is 17.7 Å². The highest BCUT2D eigenvalue weighted by molar-refractivity contribution is 5.31. The smallest absolute Gasteiger partial charge is 0.214 e. The predicted molar refractivity (Wildman–Crippen MR) is 51.7 cm³/mol. The zero-order chi connectivity index (χ0) is 9.84. The molecule has 0 radical (unpaired) electrons. The number of hydrogen-bond donors (Lipinski definition) is 0. The lowest BCUT2D eigenvalue weighted by Crippen LogP contribution is -1.96. The Bertz CT molecular complexity index is 333. The highest BCUT2D eigenvalue weighted by Gasteiger charge is 2.12. The molecule has 0 unspecified atom stereocenters. The molecule has 3 heteroatoms. The second kappa shape index (κ2) is 3.99. The number of ether oxygens (including phenoxy) is 1. The molecule has 0 bridgehead atoms. The van der Waals surface area contributed by atoms with Crippen LogP contribution in [0.2, 0.25) is 0 Å². The van der Waals surface area contributed by atoms with Gasteiger partial charge in [0, 0.05) is 19.0 Å². The van der Waals surface area contributed by atoms with Gasteiger partial charge in [-0.25, -0.2) is 4.68 Å². The van der Waals surface area contributed by atoms with E-state index < -0.39 is 0 Å². The van der Waals surface area contributed by atoms with Crippen molar-refractivity contribution in [1.29, 1.82) is 0 Å². The van der Waals surface area contributed by atoms with E-state index in [1.807, 2.05) is 14.0 Å². The van der Waals surface area contributed by atoms with Crippen molar-refractivity contribution >= 4 is 0 Å². The van der Waals surface area contributed by atoms with Crippen molar-refractivity contribution in [2.45, 2.75) is 19.8 Å². The number of aromatic nitrogens is 2. The summed E-state index contributed by atoms with van der Waals surface area (Å²) in [7, 11) is 3.51. The lowest BCUT2D eigenvalue weighted by molar-refractivity contribution is 0.369. The minimum atomic E-state index is 0.725. The van der Waals surface area contributed by atoms with E-state index in [0.29, 0.717) is 0 Å². The Morgan fingerprint density at radius 2 is 2.31 bits per heavy atom. The van der Waals surface area contributed by atoms with E-state index in [1.54, 1.807) is 11.8 Å². The molecule has 1 aromatic rings. The van der Waals surface area contributed by atoms with Crippen LogP contribution in [0.3, 0.4) is 0 Å². The van der Waals surface area contributed by atoms with Gasteiger partial charge in [-0.3, -0.25) is 0 Å². The molecule has 1 heterocycles. The van der Waals surface area contributed by atoms with E-state index in [0.717, 1.165) is 30.0 Å². The third-order valence-electron chi connectivity index (χ3n) is 2.00. The van der Waals surface area contributed by atoms with Gasteiger partial charge in [-0.2, -0.15) is 5.10 Å². The zero-order valence-corrected chi connectivity index (χ0v) is 8.29. The molecule has 0 atom stereocenters. The van der Waals surface area contributed by atoms with Crippen LogP contribution >= 0.6 is 0 Å². The molecule has 0 saturated heterocycles. The normalized spacial score (nSPS) is 9.69. The molecule has 0 spiro atoms. The molecular formula is C10H14N2O. The third kappa shape index (κ3) is 1.83. The summed E-state index contributed by atoms with van der Waals surface area (Å²) < 4.78 is 6.96. The average molecular weight is 178 g/mol. The Hall–Kier alpha value is -1.43. The maximum atomic E-state index is 5.23. The summed E-state index contributed by atoms with van der Waals surface area (Å²) in [5.74, 6) is 3.42. The van der Waals surface area contributed by atoms with Gasteiger partial charge < -0.3 is 4.74 Å². The molecule has 3 nitrogen and oxygen atoms in total. The van der Waals surface area contributed by atoms with Crippen LogP contribution in [0.25, 0.3) is 0 Å². The Morgan fingerprint density at radius 3 is 2.85 bits per heavy atom. The highest BCUT2D eigenvalue weighted by atomic mass is 16.5. The molecule has 0 saturated carbocycles. The predicted octanol–water partition coefficient (Wildman–Crippen LogP) is 1.30. The summed E-state index contributed by atoms with van der Waals surface area (Å²) in [4.78, 5) is 0.